The summed E-state index contributed by atoms with van der Waals surface area (Å²) in [6, 6.07) is -1.60. The molecule has 152 valence electrons. The zero-order valence-corrected chi connectivity index (χ0v) is 15.9. The minimum absolute atomic E-state index is 0.303. The summed E-state index contributed by atoms with van der Waals surface area (Å²) in [4.78, 5) is 35.0. The average Bonchev–Trinajstić information content (AvgIpc) is 2.64. The highest BCUT2D eigenvalue weighted by atomic mass is 32.2. The van der Waals surface area contributed by atoms with Crippen molar-refractivity contribution in [3.63, 3.8) is 0 Å². The van der Waals surface area contributed by atoms with Gasteiger partial charge in [-0.3, -0.25) is 14.4 Å². The van der Waals surface area contributed by atoms with E-state index >= 15 is 0 Å². The van der Waals surface area contributed by atoms with Crippen LogP contribution in [0.5, 0.6) is 0 Å². The molecule has 0 aromatic heterocycles. The molecule has 0 aromatic carbocycles. The van der Waals surface area contributed by atoms with Crippen molar-refractivity contribution in [2.24, 2.45) is 22.9 Å². The van der Waals surface area contributed by atoms with Crippen LogP contribution in [0.15, 0.2) is 0 Å². The van der Waals surface area contributed by atoms with Crippen molar-refractivity contribution in [1.82, 2.24) is 0 Å². The molecule has 3 atom stereocenters. The predicted molar refractivity (Wildman–Crippen MR) is 98.1 cm³/mol. The van der Waals surface area contributed by atoms with Crippen molar-refractivity contribution in [2.75, 3.05) is 38.3 Å². The van der Waals surface area contributed by atoms with E-state index in [1.54, 1.807) is 11.8 Å². The van der Waals surface area contributed by atoms with Gasteiger partial charge in [-0.15, -0.1) is 0 Å². The minimum Gasteiger partial charge on any atom is -0.460 e. The van der Waals surface area contributed by atoms with E-state index in [1.807, 2.05) is 6.26 Å². The Morgan fingerprint density at radius 2 is 1.50 bits per heavy atom. The molecule has 0 amide bonds. The number of thioether (sulfide) groups is 1. The lowest BCUT2D eigenvalue weighted by molar-refractivity contribution is -0.166. The average molecular weight is 394 g/mol. The number of nitrogens with two attached hydrogens (primary N) is 4. The van der Waals surface area contributed by atoms with Gasteiger partial charge in [-0.1, -0.05) is 0 Å². The van der Waals surface area contributed by atoms with Crippen molar-refractivity contribution in [3.05, 3.63) is 0 Å². The third-order valence-corrected chi connectivity index (χ3v) is 3.89. The quantitative estimate of drug-likeness (QED) is 0.190. The Morgan fingerprint density at radius 3 is 1.96 bits per heavy atom. The summed E-state index contributed by atoms with van der Waals surface area (Å²) in [7, 11) is 0. The van der Waals surface area contributed by atoms with E-state index in [1.165, 1.54) is 0 Å². The van der Waals surface area contributed by atoms with Gasteiger partial charge in [-0.25, -0.2) is 0 Å². The second-order valence-corrected chi connectivity index (χ2v) is 6.49. The molecule has 1 unspecified atom stereocenters. The topological polar surface area (TPSA) is 183 Å². The van der Waals surface area contributed by atoms with Gasteiger partial charge in [0.15, 0.2) is 6.10 Å². The van der Waals surface area contributed by atoms with Gasteiger partial charge in [0.1, 0.15) is 25.3 Å². The van der Waals surface area contributed by atoms with Gasteiger partial charge in [0.2, 0.25) is 0 Å². The number of esters is 3. The van der Waals surface area contributed by atoms with Crippen LogP contribution in [0, 0.1) is 0 Å². The summed E-state index contributed by atoms with van der Waals surface area (Å²) in [5.74, 6) is -1.30. The molecule has 0 aromatic rings. The van der Waals surface area contributed by atoms with E-state index in [0.29, 0.717) is 31.6 Å². The minimum atomic E-state index is -0.992. The molecule has 26 heavy (non-hydrogen) atoms. The van der Waals surface area contributed by atoms with Crippen LogP contribution in [-0.2, 0) is 28.6 Å². The molecule has 0 aliphatic carbocycles. The van der Waals surface area contributed by atoms with E-state index in [-0.39, 0.29) is 19.8 Å². The van der Waals surface area contributed by atoms with Crippen molar-refractivity contribution in [3.8, 4) is 0 Å². The number of carbonyl (C=O) groups excluding carboxylic acids is 3. The van der Waals surface area contributed by atoms with Crippen LogP contribution >= 0.6 is 11.8 Å². The first kappa shape index (κ1) is 24.6. The van der Waals surface area contributed by atoms with Gasteiger partial charge in [-0.05, 0) is 37.8 Å². The maximum Gasteiger partial charge on any atom is 0.323 e. The van der Waals surface area contributed by atoms with Crippen molar-refractivity contribution in [1.29, 1.82) is 0 Å². The van der Waals surface area contributed by atoms with Crippen LogP contribution in [0.1, 0.15) is 19.3 Å². The Balaban J connectivity index is 4.49. The number of rotatable bonds is 14. The first-order valence-corrected chi connectivity index (χ1v) is 9.68. The van der Waals surface area contributed by atoms with E-state index in [4.69, 9.17) is 37.1 Å². The Labute approximate surface area is 157 Å². The normalized spacial score (nSPS) is 14.2. The van der Waals surface area contributed by atoms with Crippen molar-refractivity contribution >= 4 is 29.7 Å². The van der Waals surface area contributed by atoms with Gasteiger partial charge in [0.05, 0.1) is 6.54 Å². The molecule has 0 aliphatic heterocycles. The fourth-order valence-electron chi connectivity index (χ4n) is 1.73. The number of ether oxygens (including phenoxy) is 3. The van der Waals surface area contributed by atoms with Gasteiger partial charge in [0, 0.05) is 0 Å². The molecule has 11 heteroatoms. The van der Waals surface area contributed by atoms with E-state index < -0.39 is 36.1 Å². The standard InChI is InChI=1S/C15H30N4O6S/c1-26-6-4-12(19)15(22)24-9-10(25-13(20)7-17)8-23-14(21)11(18)3-2-5-16/h10-12H,2-9,16-19H2,1H3/t10?,11-,12-/m0/s1. The molecule has 0 fully saturated rings. The summed E-state index contributed by atoms with van der Waals surface area (Å²) >= 11 is 1.55. The van der Waals surface area contributed by atoms with Crippen LogP contribution in [0.2, 0.25) is 0 Å². The highest BCUT2D eigenvalue weighted by molar-refractivity contribution is 7.98. The zero-order valence-electron chi connectivity index (χ0n) is 15.1. The molecule has 0 radical (unpaired) electrons. The Bertz CT molecular complexity index is 410. The molecule has 0 saturated carbocycles. The molecular weight excluding hydrogens is 364 g/mol. The second-order valence-electron chi connectivity index (χ2n) is 5.50. The molecule has 0 bridgehead atoms. The van der Waals surface area contributed by atoms with Crippen LogP contribution < -0.4 is 22.9 Å². The van der Waals surface area contributed by atoms with E-state index in [0.717, 1.165) is 0 Å². The summed E-state index contributed by atoms with van der Waals surface area (Å²) in [5.41, 5.74) is 21.9. The predicted octanol–water partition coefficient (Wildman–Crippen LogP) is -1.91. The smallest absolute Gasteiger partial charge is 0.323 e. The van der Waals surface area contributed by atoms with Crippen molar-refractivity contribution in [2.45, 2.75) is 37.5 Å². The lowest BCUT2D eigenvalue weighted by atomic mass is 10.2. The van der Waals surface area contributed by atoms with E-state index in [9.17, 15) is 14.4 Å². The lowest BCUT2D eigenvalue weighted by Crippen LogP contribution is -2.39. The van der Waals surface area contributed by atoms with Crippen LogP contribution in [0.25, 0.3) is 0 Å². The Kier molecular flexibility index (Phi) is 13.9. The molecular formula is C15H30N4O6S. The number of hydrogen-bond donors (Lipinski definition) is 4. The van der Waals surface area contributed by atoms with Gasteiger partial charge in [0.25, 0.3) is 0 Å². The summed E-state index contributed by atoms with van der Waals surface area (Å²) in [6.45, 7) is -0.566. The van der Waals surface area contributed by atoms with Crippen LogP contribution in [-0.4, -0.2) is 74.4 Å². The molecule has 10 nitrogen and oxygen atoms in total. The van der Waals surface area contributed by atoms with E-state index in [2.05, 4.69) is 0 Å². The highest BCUT2D eigenvalue weighted by Crippen LogP contribution is 2.04. The van der Waals surface area contributed by atoms with Crippen LogP contribution in [0.4, 0.5) is 0 Å². The van der Waals surface area contributed by atoms with Crippen LogP contribution in [0.3, 0.4) is 0 Å². The summed E-state index contributed by atoms with van der Waals surface area (Å²) in [5, 5.41) is 0. The third kappa shape index (κ3) is 11.3. The zero-order chi connectivity index (χ0) is 19.9. The van der Waals surface area contributed by atoms with Gasteiger partial charge in [-0.2, -0.15) is 11.8 Å². The third-order valence-electron chi connectivity index (χ3n) is 3.25. The fourth-order valence-corrected chi connectivity index (χ4v) is 2.22. The van der Waals surface area contributed by atoms with Gasteiger partial charge < -0.3 is 37.1 Å². The first-order valence-electron chi connectivity index (χ1n) is 8.28. The monoisotopic (exact) mass is 394 g/mol. The number of hydrogen-bond acceptors (Lipinski definition) is 11. The molecule has 0 spiro atoms. The summed E-state index contributed by atoms with van der Waals surface area (Å²) in [6.07, 6.45) is 2.31. The SMILES string of the molecule is CSCC[C@H](N)C(=O)OCC(COC(=O)[C@@H](N)CCCN)OC(=O)CN. The summed E-state index contributed by atoms with van der Waals surface area (Å²) < 4.78 is 15.1. The molecule has 0 rings (SSSR count). The second kappa shape index (κ2) is 14.7. The van der Waals surface area contributed by atoms with Crippen molar-refractivity contribution < 1.29 is 28.6 Å². The first-order chi connectivity index (χ1) is 12.3. The van der Waals surface area contributed by atoms with Gasteiger partial charge >= 0.3 is 17.9 Å². The lowest BCUT2D eigenvalue weighted by Gasteiger charge is -2.20. The fraction of sp³-hybridized carbons (Fsp3) is 0.800. The molecule has 0 saturated heterocycles. The molecule has 0 aliphatic rings. The Morgan fingerprint density at radius 1 is 0.962 bits per heavy atom. The molecule has 0 heterocycles. The molecule has 8 N–H and O–H groups in total. The number of carbonyl (C=O) groups is 3. The largest absolute Gasteiger partial charge is 0.460 e. The maximum atomic E-state index is 11.8. The maximum absolute atomic E-state index is 11.8. The Hall–Kier alpha value is -1.40. The highest BCUT2D eigenvalue weighted by Gasteiger charge is 2.23.